The summed E-state index contributed by atoms with van der Waals surface area (Å²) >= 11 is 0. The van der Waals surface area contributed by atoms with E-state index in [1.807, 2.05) is 35.0 Å². The second-order valence-corrected chi connectivity index (χ2v) is 4.88. The van der Waals surface area contributed by atoms with Crippen LogP contribution in [-0.4, -0.2) is 21.8 Å². The Kier molecular flexibility index (Phi) is 5.18. The number of rotatable bonds is 7. The molecule has 1 atom stereocenters. The number of benzene rings is 1. The van der Waals surface area contributed by atoms with E-state index in [4.69, 9.17) is 4.74 Å². The molecule has 0 fully saturated rings. The lowest BCUT2D eigenvalue weighted by Gasteiger charge is -2.13. The molecule has 20 heavy (non-hydrogen) atoms. The topological polar surface area (TPSA) is 47.3 Å². The Morgan fingerprint density at radius 2 is 2.05 bits per heavy atom. The van der Waals surface area contributed by atoms with Gasteiger partial charge in [-0.05, 0) is 37.0 Å². The Balaban J connectivity index is 1.93. The number of hydrogen-bond acceptors (Lipinski definition) is 3. The number of aromatic nitrogens is 2. The highest BCUT2D eigenvalue weighted by Crippen LogP contribution is 2.19. The molecule has 0 aliphatic rings. The largest absolute Gasteiger partial charge is 0.497 e. The maximum absolute atomic E-state index is 10.3. The zero-order chi connectivity index (χ0) is 14.4. The van der Waals surface area contributed by atoms with Gasteiger partial charge in [-0.3, -0.25) is 0 Å². The van der Waals surface area contributed by atoms with Crippen LogP contribution in [0.2, 0.25) is 0 Å². The monoisotopic (exact) mass is 274 g/mol. The van der Waals surface area contributed by atoms with E-state index in [0.29, 0.717) is 6.42 Å². The van der Waals surface area contributed by atoms with Gasteiger partial charge in [-0.2, -0.15) is 0 Å². The van der Waals surface area contributed by atoms with Gasteiger partial charge in [-0.15, -0.1) is 0 Å². The summed E-state index contributed by atoms with van der Waals surface area (Å²) in [6, 6.07) is 7.95. The number of aliphatic hydroxyl groups is 1. The zero-order valence-corrected chi connectivity index (χ0v) is 12.1. The molecule has 4 nitrogen and oxygen atoms in total. The van der Waals surface area contributed by atoms with Crippen LogP contribution in [0.5, 0.6) is 5.75 Å². The van der Waals surface area contributed by atoms with Crippen molar-refractivity contribution in [3.05, 3.63) is 48.0 Å². The minimum absolute atomic E-state index is 0.515. The molecule has 1 aromatic heterocycles. The van der Waals surface area contributed by atoms with Gasteiger partial charge in [0, 0.05) is 18.9 Å². The first-order valence-electron chi connectivity index (χ1n) is 7.06. The molecule has 4 heteroatoms. The van der Waals surface area contributed by atoms with Gasteiger partial charge in [0.05, 0.1) is 7.11 Å². The molecule has 0 spiro atoms. The normalized spacial score (nSPS) is 12.3. The Hall–Kier alpha value is -1.81. The highest BCUT2D eigenvalue weighted by Gasteiger charge is 2.13. The molecule has 0 bridgehead atoms. The van der Waals surface area contributed by atoms with Crippen LogP contribution in [0.1, 0.15) is 37.3 Å². The molecule has 0 aliphatic heterocycles. The van der Waals surface area contributed by atoms with Crippen molar-refractivity contribution in [3.8, 4) is 5.75 Å². The van der Waals surface area contributed by atoms with E-state index in [-0.39, 0.29) is 0 Å². The first-order chi connectivity index (χ1) is 9.74. The number of ether oxygens (including phenoxy) is 1. The fraction of sp³-hybridized carbons (Fsp3) is 0.438. The Morgan fingerprint density at radius 3 is 2.70 bits per heavy atom. The first kappa shape index (κ1) is 14.6. The smallest absolute Gasteiger partial charge is 0.137 e. The number of methoxy groups -OCH3 is 1. The van der Waals surface area contributed by atoms with Crippen LogP contribution < -0.4 is 4.74 Å². The summed E-state index contributed by atoms with van der Waals surface area (Å²) in [5, 5.41) is 10.3. The molecule has 1 N–H and O–H groups in total. The van der Waals surface area contributed by atoms with Gasteiger partial charge in [0.15, 0.2) is 0 Å². The summed E-state index contributed by atoms with van der Waals surface area (Å²) in [7, 11) is 1.66. The SMILES string of the molecule is CCCn1ccnc1C(O)CCc1ccc(OC)cc1. The van der Waals surface area contributed by atoms with E-state index in [2.05, 4.69) is 11.9 Å². The van der Waals surface area contributed by atoms with E-state index in [0.717, 1.165) is 31.0 Å². The van der Waals surface area contributed by atoms with Crippen molar-refractivity contribution < 1.29 is 9.84 Å². The summed E-state index contributed by atoms with van der Waals surface area (Å²) in [4.78, 5) is 4.27. The first-order valence-corrected chi connectivity index (χ1v) is 7.06. The van der Waals surface area contributed by atoms with Gasteiger partial charge < -0.3 is 14.4 Å². The van der Waals surface area contributed by atoms with Crippen molar-refractivity contribution in [2.45, 2.75) is 38.8 Å². The number of imidazole rings is 1. The maximum atomic E-state index is 10.3. The van der Waals surface area contributed by atoms with Gasteiger partial charge in [-0.1, -0.05) is 19.1 Å². The third-order valence-electron chi connectivity index (χ3n) is 3.38. The van der Waals surface area contributed by atoms with Gasteiger partial charge >= 0.3 is 0 Å². The average Bonchev–Trinajstić information content (AvgIpc) is 2.94. The van der Waals surface area contributed by atoms with Crippen molar-refractivity contribution in [3.63, 3.8) is 0 Å². The van der Waals surface area contributed by atoms with E-state index >= 15 is 0 Å². The maximum Gasteiger partial charge on any atom is 0.137 e. The minimum Gasteiger partial charge on any atom is -0.497 e. The Bertz CT molecular complexity index is 520. The lowest BCUT2D eigenvalue weighted by Crippen LogP contribution is -2.09. The summed E-state index contributed by atoms with van der Waals surface area (Å²) in [5.74, 6) is 1.62. The third-order valence-corrected chi connectivity index (χ3v) is 3.38. The number of nitrogens with zero attached hydrogens (tertiary/aromatic N) is 2. The van der Waals surface area contributed by atoms with E-state index in [1.54, 1.807) is 13.3 Å². The molecule has 0 amide bonds. The standard InChI is InChI=1S/C16H22N2O2/c1-3-11-18-12-10-17-16(18)15(19)9-6-13-4-7-14(20-2)8-5-13/h4-5,7-8,10,12,15,19H,3,6,9,11H2,1-2H3. The molecule has 0 aliphatic carbocycles. The lowest BCUT2D eigenvalue weighted by atomic mass is 10.1. The molecule has 0 saturated carbocycles. The van der Waals surface area contributed by atoms with Crippen molar-refractivity contribution in [2.75, 3.05) is 7.11 Å². The van der Waals surface area contributed by atoms with Crippen LogP contribution in [-0.2, 0) is 13.0 Å². The summed E-state index contributed by atoms with van der Waals surface area (Å²) in [5.41, 5.74) is 1.19. The second-order valence-electron chi connectivity index (χ2n) is 4.88. The van der Waals surface area contributed by atoms with Crippen LogP contribution in [0.25, 0.3) is 0 Å². The highest BCUT2D eigenvalue weighted by molar-refractivity contribution is 5.27. The van der Waals surface area contributed by atoms with E-state index in [9.17, 15) is 5.11 Å². The molecular weight excluding hydrogens is 252 g/mol. The van der Waals surface area contributed by atoms with Crippen molar-refractivity contribution in [2.24, 2.45) is 0 Å². The predicted molar refractivity (Wildman–Crippen MR) is 78.8 cm³/mol. The molecule has 0 radical (unpaired) electrons. The van der Waals surface area contributed by atoms with Gasteiger partial charge in [0.2, 0.25) is 0 Å². The molecule has 0 saturated heterocycles. The average molecular weight is 274 g/mol. The number of hydrogen-bond donors (Lipinski definition) is 1. The minimum atomic E-state index is -0.515. The predicted octanol–water partition coefficient (Wildman–Crippen LogP) is 2.97. The van der Waals surface area contributed by atoms with Crippen LogP contribution in [0.4, 0.5) is 0 Å². The fourth-order valence-electron chi connectivity index (χ4n) is 2.27. The molecule has 2 rings (SSSR count). The molecule has 108 valence electrons. The Morgan fingerprint density at radius 1 is 1.30 bits per heavy atom. The van der Waals surface area contributed by atoms with Crippen LogP contribution in [0, 0.1) is 0 Å². The van der Waals surface area contributed by atoms with Crippen LogP contribution in [0.15, 0.2) is 36.7 Å². The molecule has 1 unspecified atom stereocenters. The third kappa shape index (κ3) is 3.61. The Labute approximate surface area is 120 Å². The number of aryl methyl sites for hydroxylation is 2. The summed E-state index contributed by atoms with van der Waals surface area (Å²) in [6.07, 6.45) is 5.70. The quantitative estimate of drug-likeness (QED) is 0.844. The molecule has 1 heterocycles. The number of aliphatic hydroxyl groups excluding tert-OH is 1. The van der Waals surface area contributed by atoms with Gasteiger partial charge in [-0.25, -0.2) is 4.98 Å². The summed E-state index contributed by atoms with van der Waals surface area (Å²) < 4.78 is 7.16. The second kappa shape index (κ2) is 7.10. The molecule has 2 aromatic rings. The highest BCUT2D eigenvalue weighted by atomic mass is 16.5. The van der Waals surface area contributed by atoms with Crippen LogP contribution >= 0.6 is 0 Å². The van der Waals surface area contributed by atoms with E-state index < -0.39 is 6.10 Å². The molecular formula is C16H22N2O2. The fourth-order valence-corrected chi connectivity index (χ4v) is 2.27. The van der Waals surface area contributed by atoms with Crippen molar-refractivity contribution >= 4 is 0 Å². The molecule has 1 aromatic carbocycles. The van der Waals surface area contributed by atoms with Crippen molar-refractivity contribution in [1.29, 1.82) is 0 Å². The van der Waals surface area contributed by atoms with E-state index in [1.165, 1.54) is 5.56 Å². The van der Waals surface area contributed by atoms with Gasteiger partial charge in [0.25, 0.3) is 0 Å². The summed E-state index contributed by atoms with van der Waals surface area (Å²) in [6.45, 7) is 3.02. The van der Waals surface area contributed by atoms with Crippen molar-refractivity contribution in [1.82, 2.24) is 9.55 Å². The van der Waals surface area contributed by atoms with Gasteiger partial charge in [0.1, 0.15) is 17.7 Å². The van der Waals surface area contributed by atoms with Crippen LogP contribution in [0.3, 0.4) is 0 Å². The lowest BCUT2D eigenvalue weighted by molar-refractivity contribution is 0.153. The zero-order valence-electron chi connectivity index (χ0n) is 12.1.